The molecule has 0 radical (unpaired) electrons. The second-order valence-electron chi connectivity index (χ2n) is 2.25. The quantitative estimate of drug-likeness (QED) is 0.656. The summed E-state index contributed by atoms with van der Waals surface area (Å²) in [5.41, 5.74) is 0. The highest BCUT2D eigenvalue weighted by atomic mass is 35.5. The SMILES string of the molecule is Cn1ccc(N=C(Cl)C(F)(F)F)n1. The van der Waals surface area contributed by atoms with Crippen molar-refractivity contribution < 1.29 is 13.2 Å². The van der Waals surface area contributed by atoms with Gasteiger partial charge in [0.25, 0.3) is 0 Å². The molecular weight excluding hydrogens is 207 g/mol. The molecule has 7 heteroatoms. The highest BCUT2D eigenvalue weighted by molar-refractivity contribution is 6.67. The van der Waals surface area contributed by atoms with Crippen LogP contribution in [0.2, 0.25) is 0 Å². The Labute approximate surface area is 76.8 Å². The van der Waals surface area contributed by atoms with Crippen LogP contribution < -0.4 is 0 Å². The number of hydrogen-bond acceptors (Lipinski definition) is 2. The first-order chi connectivity index (χ1) is 5.89. The van der Waals surface area contributed by atoms with E-state index in [0.29, 0.717) is 0 Å². The molecule has 0 aromatic carbocycles. The van der Waals surface area contributed by atoms with Gasteiger partial charge in [-0.3, -0.25) is 4.68 Å². The van der Waals surface area contributed by atoms with E-state index >= 15 is 0 Å². The molecule has 0 atom stereocenters. The number of aromatic nitrogens is 2. The normalized spacial score (nSPS) is 13.5. The van der Waals surface area contributed by atoms with Crippen molar-refractivity contribution in [2.45, 2.75) is 6.18 Å². The Morgan fingerprint density at radius 2 is 2.23 bits per heavy atom. The third-order valence-corrected chi connectivity index (χ3v) is 1.44. The zero-order valence-corrected chi connectivity index (χ0v) is 7.26. The summed E-state index contributed by atoms with van der Waals surface area (Å²) < 4.78 is 36.9. The zero-order chi connectivity index (χ0) is 10.1. The zero-order valence-electron chi connectivity index (χ0n) is 6.51. The number of rotatable bonds is 1. The van der Waals surface area contributed by atoms with Crippen LogP contribution in [0.3, 0.4) is 0 Å². The van der Waals surface area contributed by atoms with Crippen molar-refractivity contribution in [2.24, 2.45) is 12.0 Å². The minimum atomic E-state index is -4.61. The maximum Gasteiger partial charge on any atom is 0.444 e. The maximum absolute atomic E-state index is 11.8. The molecule has 0 unspecified atom stereocenters. The maximum atomic E-state index is 11.8. The molecule has 0 saturated carbocycles. The minimum absolute atomic E-state index is 0.0650. The lowest BCUT2D eigenvalue weighted by Crippen LogP contribution is -2.16. The molecule has 13 heavy (non-hydrogen) atoms. The molecular formula is C6H5ClF3N3. The Morgan fingerprint density at radius 1 is 1.62 bits per heavy atom. The monoisotopic (exact) mass is 211 g/mol. The summed E-state index contributed by atoms with van der Waals surface area (Å²) >= 11 is 4.88. The first-order valence-corrected chi connectivity index (χ1v) is 3.58. The molecule has 0 N–H and O–H groups in total. The summed E-state index contributed by atoms with van der Waals surface area (Å²) in [5.74, 6) is -0.0650. The predicted octanol–water partition coefficient (Wildman–Crippen LogP) is 2.25. The van der Waals surface area contributed by atoms with E-state index in [0.717, 1.165) is 0 Å². The molecule has 1 heterocycles. The van der Waals surface area contributed by atoms with Crippen molar-refractivity contribution in [3.05, 3.63) is 12.3 Å². The number of halogens is 4. The standard InChI is InChI=1S/C6H5ClF3N3/c1-13-3-2-4(12-13)11-5(7)6(8,9)10/h2-3H,1H3. The number of alkyl halides is 3. The first kappa shape index (κ1) is 10.0. The average molecular weight is 212 g/mol. The molecule has 3 nitrogen and oxygen atoms in total. The van der Waals surface area contributed by atoms with E-state index in [2.05, 4.69) is 10.1 Å². The van der Waals surface area contributed by atoms with Crippen molar-refractivity contribution >= 4 is 22.6 Å². The van der Waals surface area contributed by atoms with Gasteiger partial charge < -0.3 is 0 Å². The lowest BCUT2D eigenvalue weighted by molar-refractivity contribution is -0.0558. The second kappa shape index (κ2) is 3.37. The van der Waals surface area contributed by atoms with Crippen LogP contribution in [0.5, 0.6) is 0 Å². The van der Waals surface area contributed by atoms with Gasteiger partial charge in [-0.05, 0) is 0 Å². The second-order valence-corrected chi connectivity index (χ2v) is 2.61. The van der Waals surface area contributed by atoms with Gasteiger partial charge in [-0.15, -0.1) is 0 Å². The van der Waals surface area contributed by atoms with Gasteiger partial charge in [-0.25, -0.2) is 4.99 Å². The van der Waals surface area contributed by atoms with Crippen LogP contribution in [-0.2, 0) is 7.05 Å². The van der Waals surface area contributed by atoms with Gasteiger partial charge >= 0.3 is 6.18 Å². The van der Waals surface area contributed by atoms with Crippen LogP contribution in [0.15, 0.2) is 17.3 Å². The molecule has 0 spiro atoms. The fourth-order valence-corrected chi connectivity index (χ4v) is 0.713. The molecule has 0 aliphatic rings. The van der Waals surface area contributed by atoms with Crippen LogP contribution in [-0.4, -0.2) is 21.1 Å². The van der Waals surface area contributed by atoms with Crippen molar-refractivity contribution in [2.75, 3.05) is 0 Å². The summed E-state index contributed by atoms with van der Waals surface area (Å²) in [6, 6.07) is 1.33. The molecule has 0 bridgehead atoms. The largest absolute Gasteiger partial charge is 0.444 e. The van der Waals surface area contributed by atoms with Gasteiger partial charge in [0.2, 0.25) is 5.17 Å². The molecule has 0 fully saturated rings. The molecule has 0 aliphatic heterocycles. The highest BCUT2D eigenvalue weighted by Gasteiger charge is 2.34. The molecule has 1 rings (SSSR count). The van der Waals surface area contributed by atoms with Gasteiger partial charge in [0, 0.05) is 19.3 Å². The van der Waals surface area contributed by atoms with E-state index in [1.54, 1.807) is 7.05 Å². The first-order valence-electron chi connectivity index (χ1n) is 3.20. The van der Waals surface area contributed by atoms with E-state index in [1.165, 1.54) is 16.9 Å². The predicted molar refractivity (Wildman–Crippen MR) is 42.2 cm³/mol. The lowest BCUT2D eigenvalue weighted by atomic mass is 10.6. The average Bonchev–Trinajstić information content (AvgIpc) is 2.33. The van der Waals surface area contributed by atoms with Crippen molar-refractivity contribution in [1.82, 2.24) is 9.78 Å². The Hall–Kier alpha value is -1.04. The van der Waals surface area contributed by atoms with E-state index in [1.807, 2.05) is 0 Å². The third kappa shape index (κ3) is 2.73. The number of hydrogen-bond donors (Lipinski definition) is 0. The van der Waals surface area contributed by atoms with Crippen molar-refractivity contribution in [3.8, 4) is 0 Å². The van der Waals surface area contributed by atoms with Gasteiger partial charge in [-0.1, -0.05) is 11.6 Å². The molecule has 0 saturated heterocycles. The summed E-state index contributed by atoms with van der Waals surface area (Å²) in [5, 5.41) is 2.18. The van der Waals surface area contributed by atoms with Crippen LogP contribution >= 0.6 is 11.6 Å². The molecule has 0 amide bonds. The lowest BCUT2D eigenvalue weighted by Gasteiger charge is -2.00. The number of aryl methyl sites for hydroxylation is 1. The summed E-state index contributed by atoms with van der Waals surface area (Å²) in [6.45, 7) is 0. The minimum Gasteiger partial charge on any atom is -0.274 e. The Balaban J connectivity index is 2.89. The van der Waals surface area contributed by atoms with Crippen LogP contribution in [0.4, 0.5) is 19.0 Å². The topological polar surface area (TPSA) is 30.2 Å². The van der Waals surface area contributed by atoms with Crippen molar-refractivity contribution in [3.63, 3.8) is 0 Å². The smallest absolute Gasteiger partial charge is 0.274 e. The third-order valence-electron chi connectivity index (χ3n) is 1.15. The highest BCUT2D eigenvalue weighted by Crippen LogP contribution is 2.22. The summed E-state index contributed by atoms with van der Waals surface area (Å²) in [7, 11) is 1.57. The van der Waals surface area contributed by atoms with Crippen LogP contribution in [0.1, 0.15) is 0 Å². The van der Waals surface area contributed by atoms with E-state index < -0.39 is 11.3 Å². The molecule has 1 aromatic rings. The number of nitrogens with zero attached hydrogens (tertiary/aromatic N) is 3. The fourth-order valence-electron chi connectivity index (χ4n) is 0.626. The Kier molecular flexibility index (Phi) is 2.60. The number of aliphatic imine (C=N–C) groups is 1. The molecule has 0 aliphatic carbocycles. The Morgan fingerprint density at radius 3 is 2.62 bits per heavy atom. The van der Waals surface area contributed by atoms with Crippen LogP contribution in [0, 0.1) is 0 Å². The van der Waals surface area contributed by atoms with Gasteiger partial charge in [-0.2, -0.15) is 18.3 Å². The van der Waals surface area contributed by atoms with Crippen LogP contribution in [0.25, 0.3) is 0 Å². The summed E-state index contributed by atoms with van der Waals surface area (Å²) in [4.78, 5) is 3.08. The summed E-state index contributed by atoms with van der Waals surface area (Å²) in [6.07, 6.45) is -3.14. The van der Waals surface area contributed by atoms with E-state index in [9.17, 15) is 13.2 Å². The van der Waals surface area contributed by atoms with Gasteiger partial charge in [0.05, 0.1) is 0 Å². The van der Waals surface area contributed by atoms with Gasteiger partial charge in [0.1, 0.15) is 0 Å². The van der Waals surface area contributed by atoms with E-state index in [4.69, 9.17) is 11.6 Å². The van der Waals surface area contributed by atoms with Crippen molar-refractivity contribution in [1.29, 1.82) is 0 Å². The Bertz CT molecular complexity index is 328. The van der Waals surface area contributed by atoms with E-state index in [-0.39, 0.29) is 5.82 Å². The fraction of sp³-hybridized carbons (Fsp3) is 0.333. The van der Waals surface area contributed by atoms with Gasteiger partial charge in [0.15, 0.2) is 5.82 Å². The molecule has 1 aromatic heterocycles. The molecule has 72 valence electrons.